The molecule has 6 nitrogen and oxygen atoms in total. The maximum absolute atomic E-state index is 5.43. The van der Waals surface area contributed by atoms with Gasteiger partial charge in [-0.05, 0) is 17.9 Å². The average molecular weight is 265 g/mol. The molecular formula is C11H15N5OS. The SMILES string of the molecule is CN(c1nc(NN)nc2sccc12)C1CCOC1. The molecule has 2 aromatic heterocycles. The number of hydrogen-bond donors (Lipinski definition) is 2. The summed E-state index contributed by atoms with van der Waals surface area (Å²) in [5.41, 5.74) is 2.52. The van der Waals surface area contributed by atoms with Crippen LogP contribution in [0.4, 0.5) is 11.8 Å². The van der Waals surface area contributed by atoms with Crippen LogP contribution in [0, 0.1) is 0 Å². The highest BCUT2D eigenvalue weighted by Crippen LogP contribution is 2.30. The zero-order chi connectivity index (χ0) is 12.5. The molecule has 0 amide bonds. The first-order chi connectivity index (χ1) is 8.79. The topological polar surface area (TPSA) is 76.3 Å². The third kappa shape index (κ3) is 1.90. The zero-order valence-corrected chi connectivity index (χ0v) is 10.9. The van der Waals surface area contributed by atoms with Gasteiger partial charge < -0.3 is 9.64 Å². The van der Waals surface area contributed by atoms with Crippen LogP contribution in [0.1, 0.15) is 6.42 Å². The Morgan fingerprint density at radius 1 is 1.56 bits per heavy atom. The number of anilines is 2. The Kier molecular flexibility index (Phi) is 3.02. The van der Waals surface area contributed by atoms with Crippen molar-refractivity contribution in [2.45, 2.75) is 12.5 Å². The minimum atomic E-state index is 0.369. The third-order valence-electron chi connectivity index (χ3n) is 3.22. The van der Waals surface area contributed by atoms with Crippen molar-refractivity contribution in [3.05, 3.63) is 11.4 Å². The molecule has 3 N–H and O–H groups in total. The zero-order valence-electron chi connectivity index (χ0n) is 10.1. The van der Waals surface area contributed by atoms with Gasteiger partial charge in [-0.15, -0.1) is 11.3 Å². The minimum absolute atomic E-state index is 0.369. The van der Waals surface area contributed by atoms with Crippen LogP contribution in [0.5, 0.6) is 0 Å². The molecule has 0 bridgehead atoms. The van der Waals surface area contributed by atoms with Gasteiger partial charge in [-0.2, -0.15) is 4.98 Å². The van der Waals surface area contributed by atoms with Crippen molar-refractivity contribution in [2.75, 3.05) is 30.6 Å². The van der Waals surface area contributed by atoms with Gasteiger partial charge in [0.25, 0.3) is 0 Å². The summed E-state index contributed by atoms with van der Waals surface area (Å²) in [5.74, 6) is 6.78. The largest absolute Gasteiger partial charge is 0.379 e. The number of likely N-dealkylation sites (N-methyl/N-ethyl adjacent to an activating group) is 1. The molecule has 0 aliphatic carbocycles. The van der Waals surface area contributed by atoms with E-state index in [4.69, 9.17) is 10.6 Å². The van der Waals surface area contributed by atoms with Crippen molar-refractivity contribution in [1.82, 2.24) is 9.97 Å². The van der Waals surface area contributed by atoms with E-state index in [2.05, 4.69) is 20.3 Å². The summed E-state index contributed by atoms with van der Waals surface area (Å²) in [5, 5.41) is 3.08. The third-order valence-corrected chi connectivity index (χ3v) is 4.03. The molecule has 1 unspecified atom stereocenters. The van der Waals surface area contributed by atoms with E-state index in [0.717, 1.165) is 35.7 Å². The van der Waals surface area contributed by atoms with Crippen LogP contribution < -0.4 is 16.2 Å². The summed E-state index contributed by atoms with van der Waals surface area (Å²) in [7, 11) is 2.04. The fourth-order valence-corrected chi connectivity index (χ4v) is 2.93. The summed E-state index contributed by atoms with van der Waals surface area (Å²) >= 11 is 1.59. The average Bonchev–Trinajstić information content (AvgIpc) is 3.07. The molecule has 96 valence electrons. The van der Waals surface area contributed by atoms with Crippen molar-refractivity contribution in [2.24, 2.45) is 5.84 Å². The molecule has 3 rings (SSSR count). The van der Waals surface area contributed by atoms with E-state index in [1.807, 2.05) is 18.5 Å². The predicted molar refractivity (Wildman–Crippen MR) is 72.9 cm³/mol. The lowest BCUT2D eigenvalue weighted by Gasteiger charge is -2.25. The molecule has 1 fully saturated rings. The van der Waals surface area contributed by atoms with E-state index < -0.39 is 0 Å². The van der Waals surface area contributed by atoms with Crippen molar-refractivity contribution >= 4 is 33.3 Å². The van der Waals surface area contributed by atoms with E-state index >= 15 is 0 Å². The Hall–Kier alpha value is -1.44. The van der Waals surface area contributed by atoms with E-state index in [-0.39, 0.29) is 0 Å². The molecule has 0 aromatic carbocycles. The molecule has 7 heteroatoms. The number of fused-ring (bicyclic) bond motifs is 1. The summed E-state index contributed by atoms with van der Waals surface area (Å²) in [6.45, 7) is 1.56. The smallest absolute Gasteiger partial charge is 0.240 e. The first-order valence-corrected chi connectivity index (χ1v) is 6.70. The molecule has 0 radical (unpaired) electrons. The molecule has 1 aliphatic heterocycles. The number of hydrazine groups is 1. The number of nitrogen functional groups attached to an aromatic ring is 1. The molecule has 3 heterocycles. The maximum atomic E-state index is 5.43. The van der Waals surface area contributed by atoms with Crippen LogP contribution >= 0.6 is 11.3 Å². The number of ether oxygens (including phenoxy) is 1. The maximum Gasteiger partial charge on any atom is 0.240 e. The lowest BCUT2D eigenvalue weighted by Crippen LogP contribution is -2.32. The second kappa shape index (κ2) is 4.68. The number of nitrogens with two attached hydrogens (primary N) is 1. The van der Waals surface area contributed by atoms with Gasteiger partial charge in [0.2, 0.25) is 5.95 Å². The van der Waals surface area contributed by atoms with Gasteiger partial charge in [0.1, 0.15) is 10.6 Å². The molecule has 18 heavy (non-hydrogen) atoms. The number of nitrogens with one attached hydrogen (secondary N) is 1. The molecule has 0 saturated carbocycles. The lowest BCUT2D eigenvalue weighted by atomic mass is 10.2. The number of thiophene rings is 1. The number of hydrogen-bond acceptors (Lipinski definition) is 7. The summed E-state index contributed by atoms with van der Waals surface area (Å²) in [4.78, 5) is 11.9. The first kappa shape index (κ1) is 11.6. The van der Waals surface area contributed by atoms with E-state index in [1.54, 1.807) is 11.3 Å². The van der Waals surface area contributed by atoms with Crippen LogP contribution in [0.2, 0.25) is 0 Å². The Balaban J connectivity index is 2.05. The van der Waals surface area contributed by atoms with Gasteiger partial charge in [0.05, 0.1) is 18.0 Å². The highest BCUT2D eigenvalue weighted by molar-refractivity contribution is 7.16. The van der Waals surface area contributed by atoms with E-state index in [0.29, 0.717) is 12.0 Å². The van der Waals surface area contributed by atoms with Gasteiger partial charge in [0.15, 0.2) is 0 Å². The fraction of sp³-hybridized carbons (Fsp3) is 0.455. The second-order valence-corrected chi connectivity index (χ2v) is 5.18. The normalized spacial score (nSPS) is 19.3. The standard InChI is InChI=1S/C11H15N5OS/c1-16(7-2-4-17-6-7)9-8-3-5-18-10(8)14-11(13-9)15-12/h3,5,7H,2,4,6,12H2,1H3,(H,13,14,15). The van der Waals surface area contributed by atoms with Crippen LogP contribution in [-0.2, 0) is 4.74 Å². The van der Waals surface area contributed by atoms with Crippen LogP contribution in [0.3, 0.4) is 0 Å². The van der Waals surface area contributed by atoms with Crippen LogP contribution in [-0.4, -0.2) is 36.3 Å². The number of nitrogens with zero attached hydrogens (tertiary/aromatic N) is 3. The van der Waals surface area contributed by atoms with Gasteiger partial charge in [-0.25, -0.2) is 10.8 Å². The molecular weight excluding hydrogens is 250 g/mol. The van der Waals surface area contributed by atoms with Crippen LogP contribution in [0.15, 0.2) is 11.4 Å². The molecule has 0 spiro atoms. The highest BCUT2D eigenvalue weighted by Gasteiger charge is 2.23. The Bertz CT molecular complexity index is 551. The summed E-state index contributed by atoms with van der Waals surface area (Å²) < 4.78 is 5.43. The highest BCUT2D eigenvalue weighted by atomic mass is 32.1. The molecule has 2 aromatic rings. The van der Waals surface area contributed by atoms with Gasteiger partial charge in [0, 0.05) is 13.7 Å². The Morgan fingerprint density at radius 2 is 2.44 bits per heavy atom. The quantitative estimate of drug-likeness (QED) is 0.641. The second-order valence-electron chi connectivity index (χ2n) is 4.28. The van der Waals surface area contributed by atoms with Crippen molar-refractivity contribution in [3.63, 3.8) is 0 Å². The van der Waals surface area contributed by atoms with Crippen LogP contribution in [0.25, 0.3) is 10.2 Å². The lowest BCUT2D eigenvalue weighted by molar-refractivity contribution is 0.193. The molecule has 1 saturated heterocycles. The summed E-state index contributed by atoms with van der Waals surface area (Å²) in [6, 6.07) is 2.41. The van der Waals surface area contributed by atoms with Gasteiger partial charge in [-0.3, -0.25) is 5.43 Å². The minimum Gasteiger partial charge on any atom is -0.379 e. The van der Waals surface area contributed by atoms with Gasteiger partial charge >= 0.3 is 0 Å². The predicted octanol–water partition coefficient (Wildman–Crippen LogP) is 1.20. The van der Waals surface area contributed by atoms with E-state index in [9.17, 15) is 0 Å². The molecule has 1 aliphatic rings. The Morgan fingerprint density at radius 3 is 3.17 bits per heavy atom. The monoisotopic (exact) mass is 265 g/mol. The number of aromatic nitrogens is 2. The van der Waals surface area contributed by atoms with E-state index in [1.165, 1.54) is 0 Å². The first-order valence-electron chi connectivity index (χ1n) is 5.82. The van der Waals surface area contributed by atoms with Crippen molar-refractivity contribution in [3.8, 4) is 0 Å². The van der Waals surface area contributed by atoms with Crippen molar-refractivity contribution < 1.29 is 4.74 Å². The Labute approximate surface area is 109 Å². The van der Waals surface area contributed by atoms with Crippen molar-refractivity contribution in [1.29, 1.82) is 0 Å². The number of rotatable bonds is 3. The molecule has 1 atom stereocenters. The summed E-state index contributed by atoms with van der Waals surface area (Å²) in [6.07, 6.45) is 1.03. The fourth-order valence-electron chi connectivity index (χ4n) is 2.17. The van der Waals surface area contributed by atoms with Gasteiger partial charge in [-0.1, -0.05) is 0 Å².